The summed E-state index contributed by atoms with van der Waals surface area (Å²) in [5.41, 5.74) is 3.76. The molecule has 0 aliphatic carbocycles. The molecule has 186 valence electrons. The van der Waals surface area contributed by atoms with Crippen LogP contribution in [0.2, 0.25) is 5.02 Å². The number of anilines is 5. The second-order valence-corrected chi connectivity index (χ2v) is 9.53. The quantitative estimate of drug-likeness (QED) is 0.366. The molecule has 1 aliphatic heterocycles. The van der Waals surface area contributed by atoms with Crippen LogP contribution in [0, 0.1) is 0 Å². The van der Waals surface area contributed by atoms with Gasteiger partial charge in [-0.25, -0.2) is 9.97 Å². The Morgan fingerprint density at radius 1 is 0.972 bits per heavy atom. The number of aryl methyl sites for hydroxylation is 1. The molecule has 10 heteroatoms. The Labute approximate surface area is 216 Å². The van der Waals surface area contributed by atoms with Gasteiger partial charge >= 0.3 is 0 Å². The molecular formula is C26H30ClN9. The summed E-state index contributed by atoms with van der Waals surface area (Å²) in [6.45, 7) is 2.28. The monoisotopic (exact) mass is 503 g/mol. The van der Waals surface area contributed by atoms with Crippen molar-refractivity contribution in [1.82, 2.24) is 29.6 Å². The highest BCUT2D eigenvalue weighted by Gasteiger charge is 2.20. The van der Waals surface area contributed by atoms with E-state index in [1.807, 2.05) is 43.4 Å². The van der Waals surface area contributed by atoms with E-state index in [4.69, 9.17) is 11.6 Å². The van der Waals surface area contributed by atoms with Crippen molar-refractivity contribution < 1.29 is 0 Å². The van der Waals surface area contributed by atoms with E-state index in [1.54, 1.807) is 17.2 Å². The van der Waals surface area contributed by atoms with Crippen LogP contribution in [0.5, 0.6) is 0 Å². The smallest absolute Gasteiger partial charge is 0.229 e. The van der Waals surface area contributed by atoms with Crippen molar-refractivity contribution in [3.8, 4) is 11.4 Å². The molecule has 3 heterocycles. The zero-order chi connectivity index (χ0) is 25.1. The molecule has 9 nitrogen and oxygen atoms in total. The minimum Gasteiger partial charge on any atom is -0.372 e. The van der Waals surface area contributed by atoms with Gasteiger partial charge in [-0.2, -0.15) is 10.1 Å². The molecule has 0 bridgehead atoms. The van der Waals surface area contributed by atoms with Crippen molar-refractivity contribution in [3.63, 3.8) is 0 Å². The number of rotatable bonds is 7. The zero-order valence-corrected chi connectivity index (χ0v) is 21.4. The molecule has 1 saturated heterocycles. The predicted molar refractivity (Wildman–Crippen MR) is 145 cm³/mol. The Morgan fingerprint density at radius 2 is 1.72 bits per heavy atom. The fraction of sp³-hybridized carbons (Fsp3) is 0.308. The van der Waals surface area contributed by atoms with Gasteiger partial charge in [0, 0.05) is 37.1 Å². The lowest BCUT2D eigenvalue weighted by molar-refractivity contribution is 0.253. The van der Waals surface area contributed by atoms with E-state index in [0.717, 1.165) is 30.0 Å². The first-order valence-corrected chi connectivity index (χ1v) is 12.4. The molecule has 4 aromatic rings. The molecule has 5 rings (SSSR count). The second kappa shape index (κ2) is 10.5. The van der Waals surface area contributed by atoms with Crippen LogP contribution in [-0.2, 0) is 7.05 Å². The first-order chi connectivity index (χ1) is 17.5. The van der Waals surface area contributed by atoms with Crippen molar-refractivity contribution in [3.05, 3.63) is 66.1 Å². The summed E-state index contributed by atoms with van der Waals surface area (Å²) in [6, 6.07) is 16.7. The highest BCUT2D eigenvalue weighted by atomic mass is 35.5. The fourth-order valence-electron chi connectivity index (χ4n) is 4.39. The Bertz CT molecular complexity index is 1310. The van der Waals surface area contributed by atoms with E-state index in [9.17, 15) is 0 Å². The van der Waals surface area contributed by atoms with Crippen molar-refractivity contribution in [2.45, 2.75) is 18.9 Å². The van der Waals surface area contributed by atoms with Crippen LogP contribution in [0.4, 0.5) is 28.8 Å². The maximum Gasteiger partial charge on any atom is 0.229 e. The van der Waals surface area contributed by atoms with Crippen molar-refractivity contribution in [1.29, 1.82) is 0 Å². The van der Waals surface area contributed by atoms with E-state index in [-0.39, 0.29) is 0 Å². The summed E-state index contributed by atoms with van der Waals surface area (Å²) >= 11 is 6.43. The maximum absolute atomic E-state index is 6.43. The minimum absolute atomic E-state index is 0.416. The van der Waals surface area contributed by atoms with Crippen LogP contribution in [0.3, 0.4) is 0 Å². The third-order valence-electron chi connectivity index (χ3n) is 6.53. The lowest BCUT2D eigenvalue weighted by Crippen LogP contribution is -2.41. The Kier molecular flexibility index (Phi) is 7.02. The summed E-state index contributed by atoms with van der Waals surface area (Å²) in [4.78, 5) is 18.1. The molecule has 2 aromatic heterocycles. The molecule has 1 fully saturated rings. The summed E-state index contributed by atoms with van der Waals surface area (Å²) in [5, 5.41) is 11.4. The summed E-state index contributed by atoms with van der Waals surface area (Å²) < 4.78 is 1.67. The van der Waals surface area contributed by atoms with E-state index in [2.05, 4.69) is 66.7 Å². The van der Waals surface area contributed by atoms with Crippen molar-refractivity contribution in [2.24, 2.45) is 7.05 Å². The number of likely N-dealkylation sites (tertiary alicyclic amines) is 1. The first kappa shape index (κ1) is 24.0. The summed E-state index contributed by atoms with van der Waals surface area (Å²) in [7, 11) is 6.20. The number of hydrogen-bond donors (Lipinski definition) is 2. The van der Waals surface area contributed by atoms with Gasteiger partial charge in [0.25, 0.3) is 0 Å². The molecule has 0 radical (unpaired) electrons. The van der Waals surface area contributed by atoms with Crippen molar-refractivity contribution >= 4 is 40.4 Å². The van der Waals surface area contributed by atoms with Gasteiger partial charge in [-0.15, -0.1) is 0 Å². The normalized spacial score (nSPS) is 14.6. The average molecular weight is 504 g/mol. The molecule has 0 atom stereocenters. The second-order valence-electron chi connectivity index (χ2n) is 9.12. The molecule has 0 saturated carbocycles. The SMILES string of the molecule is CN1CCC(N(C)c2ccc(Nc3ncc(Cl)c(Nc4ccccc4-c4ncn(C)n4)n3)cc2)CC1. The van der Waals surface area contributed by atoms with Crippen LogP contribution in [0.15, 0.2) is 61.1 Å². The summed E-state index contributed by atoms with van der Waals surface area (Å²) in [6.07, 6.45) is 5.62. The number of hydrogen-bond acceptors (Lipinski definition) is 8. The standard InChI is InChI=1S/C26H30ClN9/c1-34-14-12-20(13-15-34)36(3)19-10-8-18(9-11-19)30-26-28-16-22(27)25(32-26)31-23-7-5-4-6-21(23)24-29-17-35(2)33-24/h4-11,16-17,20H,12-15H2,1-3H3,(H2,28,30,31,32). The van der Waals surface area contributed by atoms with Gasteiger partial charge in [-0.3, -0.25) is 4.68 Å². The molecule has 2 N–H and O–H groups in total. The van der Waals surface area contributed by atoms with Crippen LogP contribution in [0.1, 0.15) is 12.8 Å². The van der Waals surface area contributed by atoms with E-state index in [1.165, 1.54) is 18.5 Å². The lowest BCUT2D eigenvalue weighted by atomic mass is 10.0. The Balaban J connectivity index is 1.30. The third kappa shape index (κ3) is 5.42. The molecule has 0 unspecified atom stereocenters. The van der Waals surface area contributed by atoms with Gasteiger partial charge in [-0.05, 0) is 69.4 Å². The number of halogens is 1. The molecule has 2 aromatic carbocycles. The van der Waals surface area contributed by atoms with Gasteiger partial charge in [0.1, 0.15) is 11.3 Å². The zero-order valence-electron chi connectivity index (χ0n) is 20.7. The highest BCUT2D eigenvalue weighted by Crippen LogP contribution is 2.31. The van der Waals surface area contributed by atoms with E-state index >= 15 is 0 Å². The predicted octanol–water partition coefficient (Wildman–Crippen LogP) is 4.94. The van der Waals surface area contributed by atoms with E-state index < -0.39 is 0 Å². The number of piperidine rings is 1. The van der Waals surface area contributed by atoms with Crippen LogP contribution in [0.25, 0.3) is 11.4 Å². The number of nitrogens with one attached hydrogen (secondary N) is 2. The topological polar surface area (TPSA) is 87.0 Å². The number of benzene rings is 2. The van der Waals surface area contributed by atoms with Gasteiger partial charge < -0.3 is 20.4 Å². The van der Waals surface area contributed by atoms with Crippen LogP contribution < -0.4 is 15.5 Å². The van der Waals surface area contributed by atoms with Crippen LogP contribution in [-0.4, -0.2) is 62.9 Å². The number of aromatic nitrogens is 5. The largest absolute Gasteiger partial charge is 0.372 e. The van der Waals surface area contributed by atoms with Crippen molar-refractivity contribution in [2.75, 3.05) is 42.7 Å². The molecule has 0 amide bonds. The van der Waals surface area contributed by atoms with Gasteiger partial charge in [0.05, 0.1) is 11.9 Å². The molecule has 36 heavy (non-hydrogen) atoms. The van der Waals surface area contributed by atoms with E-state index in [0.29, 0.717) is 28.7 Å². The lowest BCUT2D eigenvalue weighted by Gasteiger charge is -2.36. The van der Waals surface area contributed by atoms with Gasteiger partial charge in [0.2, 0.25) is 5.95 Å². The maximum atomic E-state index is 6.43. The molecular weight excluding hydrogens is 474 g/mol. The Hall–Kier alpha value is -3.69. The number of nitrogens with zero attached hydrogens (tertiary/aromatic N) is 7. The molecule has 1 aliphatic rings. The third-order valence-corrected chi connectivity index (χ3v) is 6.81. The van der Waals surface area contributed by atoms with Crippen LogP contribution >= 0.6 is 11.6 Å². The summed E-state index contributed by atoms with van der Waals surface area (Å²) in [5.74, 6) is 1.57. The fourth-order valence-corrected chi connectivity index (χ4v) is 4.53. The minimum atomic E-state index is 0.416. The Morgan fingerprint density at radius 3 is 2.44 bits per heavy atom. The average Bonchev–Trinajstić information content (AvgIpc) is 3.33. The first-order valence-electron chi connectivity index (χ1n) is 12.0. The number of para-hydroxylation sites is 1. The highest BCUT2D eigenvalue weighted by molar-refractivity contribution is 6.33. The molecule has 0 spiro atoms. The van der Waals surface area contributed by atoms with Gasteiger partial charge in [-0.1, -0.05) is 23.7 Å². The van der Waals surface area contributed by atoms with Gasteiger partial charge in [0.15, 0.2) is 11.6 Å².